The highest BCUT2D eigenvalue weighted by atomic mass is 19.1. The molecule has 1 fully saturated rings. The van der Waals surface area contributed by atoms with Crippen LogP contribution >= 0.6 is 0 Å². The maximum absolute atomic E-state index is 14.2. The monoisotopic (exact) mass is 293 g/mol. The lowest BCUT2D eigenvalue weighted by molar-refractivity contribution is 0.0650. The molecule has 1 heterocycles. The van der Waals surface area contributed by atoms with Crippen molar-refractivity contribution in [2.45, 2.75) is 38.3 Å². The van der Waals surface area contributed by atoms with Crippen molar-refractivity contribution in [3.63, 3.8) is 0 Å². The molecule has 2 rings (SSSR count). The summed E-state index contributed by atoms with van der Waals surface area (Å²) in [6.45, 7) is 8.25. The Bertz CT molecular complexity index is 453. The normalized spacial score (nSPS) is 22.0. The van der Waals surface area contributed by atoms with Crippen LogP contribution in [0, 0.1) is 5.82 Å². The number of nitrogens with zero attached hydrogens (tertiary/aromatic N) is 2. The Morgan fingerprint density at radius 1 is 1.24 bits per heavy atom. The Balaban J connectivity index is 2.25. The van der Waals surface area contributed by atoms with E-state index in [9.17, 15) is 4.39 Å². The maximum atomic E-state index is 14.2. The Morgan fingerprint density at radius 3 is 2.43 bits per heavy atom. The van der Waals surface area contributed by atoms with E-state index in [1.165, 1.54) is 6.07 Å². The summed E-state index contributed by atoms with van der Waals surface area (Å²) in [7, 11) is 2.14. The minimum atomic E-state index is -0.669. The van der Waals surface area contributed by atoms with Crippen LogP contribution in [0.25, 0.3) is 0 Å². The van der Waals surface area contributed by atoms with Gasteiger partial charge in [0, 0.05) is 37.8 Å². The summed E-state index contributed by atoms with van der Waals surface area (Å²) in [6, 6.07) is 7.10. The number of benzene rings is 1. The number of rotatable bonds is 5. The van der Waals surface area contributed by atoms with E-state index in [1.807, 2.05) is 19.1 Å². The molecule has 2 unspecified atom stereocenters. The van der Waals surface area contributed by atoms with Crippen molar-refractivity contribution < 1.29 is 4.39 Å². The molecule has 1 aromatic rings. The van der Waals surface area contributed by atoms with Crippen molar-refractivity contribution in [3.05, 3.63) is 35.6 Å². The Morgan fingerprint density at radius 2 is 1.86 bits per heavy atom. The molecule has 0 aromatic heterocycles. The summed E-state index contributed by atoms with van der Waals surface area (Å²) in [5.41, 5.74) is 6.60. The van der Waals surface area contributed by atoms with E-state index < -0.39 is 5.54 Å². The van der Waals surface area contributed by atoms with Crippen LogP contribution in [0.1, 0.15) is 32.3 Å². The lowest BCUT2D eigenvalue weighted by Crippen LogP contribution is -2.59. The molecule has 0 saturated carbocycles. The molecule has 1 aliphatic heterocycles. The van der Waals surface area contributed by atoms with Gasteiger partial charge in [0.25, 0.3) is 0 Å². The van der Waals surface area contributed by atoms with E-state index in [1.54, 1.807) is 6.07 Å². The summed E-state index contributed by atoms with van der Waals surface area (Å²) in [5.74, 6) is -0.197. The fourth-order valence-electron chi connectivity index (χ4n) is 3.35. The van der Waals surface area contributed by atoms with Crippen molar-refractivity contribution in [1.82, 2.24) is 9.80 Å². The predicted octanol–water partition coefficient (Wildman–Crippen LogP) is 2.42. The number of hydrogen-bond donors (Lipinski definition) is 1. The zero-order valence-corrected chi connectivity index (χ0v) is 13.5. The molecule has 2 N–H and O–H groups in total. The standard InChI is InChI=1S/C17H28FN3/c1-4-7-16(21-12-10-20(3)11-13-21)17(2,19)14-8-5-6-9-15(14)18/h5-6,8-9,16H,4,7,10-13,19H2,1-3H3. The first-order valence-corrected chi connectivity index (χ1v) is 7.93. The highest BCUT2D eigenvalue weighted by Crippen LogP contribution is 2.30. The lowest BCUT2D eigenvalue weighted by atomic mass is 9.81. The minimum Gasteiger partial charge on any atom is -0.320 e. The van der Waals surface area contributed by atoms with Crippen LogP contribution < -0.4 is 5.73 Å². The molecule has 4 heteroatoms. The van der Waals surface area contributed by atoms with Crippen LogP contribution in [0.2, 0.25) is 0 Å². The quantitative estimate of drug-likeness (QED) is 0.905. The molecule has 21 heavy (non-hydrogen) atoms. The summed E-state index contributed by atoms with van der Waals surface area (Å²) >= 11 is 0. The molecule has 0 radical (unpaired) electrons. The van der Waals surface area contributed by atoms with Gasteiger partial charge in [-0.3, -0.25) is 4.90 Å². The predicted molar refractivity (Wildman–Crippen MR) is 85.7 cm³/mol. The smallest absolute Gasteiger partial charge is 0.128 e. The van der Waals surface area contributed by atoms with Crippen molar-refractivity contribution in [1.29, 1.82) is 0 Å². The third-order valence-electron chi connectivity index (χ3n) is 4.69. The molecule has 0 bridgehead atoms. The molecule has 1 aliphatic rings. The number of likely N-dealkylation sites (N-methyl/N-ethyl adjacent to an activating group) is 1. The highest BCUT2D eigenvalue weighted by molar-refractivity contribution is 5.27. The van der Waals surface area contributed by atoms with E-state index in [2.05, 4.69) is 23.8 Å². The van der Waals surface area contributed by atoms with Crippen LogP contribution in [0.5, 0.6) is 0 Å². The zero-order valence-electron chi connectivity index (χ0n) is 13.5. The van der Waals surface area contributed by atoms with Crippen LogP contribution in [0.3, 0.4) is 0 Å². The second kappa shape index (κ2) is 6.86. The third kappa shape index (κ3) is 3.62. The van der Waals surface area contributed by atoms with Crippen molar-refractivity contribution >= 4 is 0 Å². The van der Waals surface area contributed by atoms with Gasteiger partial charge in [-0.1, -0.05) is 31.5 Å². The van der Waals surface area contributed by atoms with Crippen molar-refractivity contribution in [2.75, 3.05) is 33.2 Å². The largest absolute Gasteiger partial charge is 0.320 e. The number of piperazine rings is 1. The summed E-state index contributed by atoms with van der Waals surface area (Å²) in [4.78, 5) is 4.77. The van der Waals surface area contributed by atoms with Gasteiger partial charge in [0.15, 0.2) is 0 Å². The van der Waals surface area contributed by atoms with Crippen LogP contribution in [-0.2, 0) is 5.54 Å². The topological polar surface area (TPSA) is 32.5 Å². The van der Waals surface area contributed by atoms with Gasteiger partial charge in [0.05, 0.1) is 5.54 Å². The van der Waals surface area contributed by atoms with Gasteiger partial charge in [-0.25, -0.2) is 4.39 Å². The summed E-state index contributed by atoms with van der Waals surface area (Å²) in [5, 5.41) is 0. The average molecular weight is 293 g/mol. The number of halogens is 1. The molecule has 0 spiro atoms. The molecule has 2 atom stereocenters. The fourth-order valence-corrected chi connectivity index (χ4v) is 3.35. The Labute approximate surface area is 127 Å². The lowest BCUT2D eigenvalue weighted by Gasteiger charge is -2.45. The molecule has 1 saturated heterocycles. The summed E-state index contributed by atoms with van der Waals surface area (Å²) < 4.78 is 14.2. The van der Waals surface area contributed by atoms with E-state index >= 15 is 0 Å². The molecule has 0 aliphatic carbocycles. The third-order valence-corrected chi connectivity index (χ3v) is 4.69. The molecule has 118 valence electrons. The van der Waals surface area contributed by atoms with E-state index in [0.717, 1.165) is 39.0 Å². The number of hydrogen-bond acceptors (Lipinski definition) is 3. The van der Waals surface area contributed by atoms with Gasteiger partial charge in [0.2, 0.25) is 0 Å². The first-order valence-electron chi connectivity index (χ1n) is 7.93. The van der Waals surface area contributed by atoms with Gasteiger partial charge >= 0.3 is 0 Å². The first kappa shape index (κ1) is 16.4. The molecule has 0 amide bonds. The van der Waals surface area contributed by atoms with Gasteiger partial charge in [-0.15, -0.1) is 0 Å². The van der Waals surface area contributed by atoms with Gasteiger partial charge in [-0.05, 0) is 26.5 Å². The highest BCUT2D eigenvalue weighted by Gasteiger charge is 2.38. The number of nitrogens with two attached hydrogens (primary N) is 1. The van der Waals surface area contributed by atoms with Crippen molar-refractivity contribution in [2.24, 2.45) is 5.73 Å². The average Bonchev–Trinajstić information content (AvgIpc) is 2.46. The summed E-state index contributed by atoms with van der Waals surface area (Å²) in [6.07, 6.45) is 2.04. The van der Waals surface area contributed by atoms with Gasteiger partial charge in [0.1, 0.15) is 5.82 Å². The second-order valence-electron chi connectivity index (χ2n) is 6.41. The first-order chi connectivity index (χ1) is 9.96. The zero-order chi connectivity index (χ0) is 15.5. The fraction of sp³-hybridized carbons (Fsp3) is 0.647. The van der Waals surface area contributed by atoms with Crippen LogP contribution in [0.15, 0.2) is 24.3 Å². The second-order valence-corrected chi connectivity index (χ2v) is 6.41. The van der Waals surface area contributed by atoms with E-state index in [4.69, 9.17) is 5.73 Å². The van der Waals surface area contributed by atoms with Gasteiger partial charge < -0.3 is 10.6 Å². The molecular formula is C17H28FN3. The minimum absolute atomic E-state index is 0.174. The Kier molecular flexibility index (Phi) is 5.36. The van der Waals surface area contributed by atoms with Gasteiger partial charge in [-0.2, -0.15) is 0 Å². The molecular weight excluding hydrogens is 265 g/mol. The van der Waals surface area contributed by atoms with Crippen LogP contribution in [-0.4, -0.2) is 49.1 Å². The maximum Gasteiger partial charge on any atom is 0.128 e. The van der Waals surface area contributed by atoms with Crippen molar-refractivity contribution in [3.8, 4) is 0 Å². The van der Waals surface area contributed by atoms with Crippen LogP contribution in [0.4, 0.5) is 4.39 Å². The molecule has 1 aromatic carbocycles. The SMILES string of the molecule is CCCC(N1CCN(C)CC1)C(C)(N)c1ccccc1F. The molecule has 3 nitrogen and oxygen atoms in total. The van der Waals surface area contributed by atoms with E-state index in [0.29, 0.717) is 5.56 Å². The van der Waals surface area contributed by atoms with E-state index in [-0.39, 0.29) is 11.9 Å². The Hall–Kier alpha value is -0.970.